The molecule has 18 heavy (non-hydrogen) atoms. The van der Waals surface area contributed by atoms with Crippen LogP contribution in [0.2, 0.25) is 0 Å². The lowest BCUT2D eigenvalue weighted by molar-refractivity contribution is 0.0908. The molecule has 3 N–H and O–H groups in total. The van der Waals surface area contributed by atoms with E-state index in [0.29, 0.717) is 25.4 Å². The second-order valence-electron chi connectivity index (χ2n) is 3.98. The van der Waals surface area contributed by atoms with Gasteiger partial charge in [-0.3, -0.25) is 9.78 Å². The Labute approximate surface area is 108 Å². The van der Waals surface area contributed by atoms with Crippen molar-refractivity contribution in [3.8, 4) is 0 Å². The number of aromatic nitrogens is 1. The summed E-state index contributed by atoms with van der Waals surface area (Å²) in [4.78, 5) is 15.7. The lowest BCUT2D eigenvalue weighted by Gasteiger charge is -2.06. The summed E-state index contributed by atoms with van der Waals surface area (Å²) in [7, 11) is 0. The van der Waals surface area contributed by atoms with Gasteiger partial charge in [-0.1, -0.05) is 19.4 Å². The van der Waals surface area contributed by atoms with Crippen LogP contribution in [-0.4, -0.2) is 30.6 Å². The summed E-state index contributed by atoms with van der Waals surface area (Å²) in [5.41, 5.74) is 6.77. The van der Waals surface area contributed by atoms with Gasteiger partial charge in [-0.15, -0.1) is 0 Å². The SMILES string of the molecule is CCCCOCCNC(=O)c1ccc(CN)cn1. The van der Waals surface area contributed by atoms with Crippen molar-refractivity contribution in [3.63, 3.8) is 0 Å². The molecule has 5 heteroatoms. The van der Waals surface area contributed by atoms with E-state index in [1.807, 2.05) is 0 Å². The van der Waals surface area contributed by atoms with Gasteiger partial charge in [0, 0.05) is 25.9 Å². The molecule has 1 aromatic rings. The smallest absolute Gasteiger partial charge is 0.269 e. The molecule has 0 saturated carbocycles. The molecular formula is C13H21N3O2. The van der Waals surface area contributed by atoms with Crippen molar-refractivity contribution < 1.29 is 9.53 Å². The van der Waals surface area contributed by atoms with Gasteiger partial charge in [-0.25, -0.2) is 0 Å². The molecule has 1 aromatic heterocycles. The standard InChI is InChI=1S/C13H21N3O2/c1-2-3-7-18-8-6-15-13(17)12-5-4-11(9-14)10-16-12/h4-5,10H,2-3,6-9,14H2,1H3,(H,15,17). The van der Waals surface area contributed by atoms with Crippen LogP contribution in [0.25, 0.3) is 0 Å². The summed E-state index contributed by atoms with van der Waals surface area (Å²) in [6, 6.07) is 3.48. The van der Waals surface area contributed by atoms with Crippen LogP contribution in [0.3, 0.4) is 0 Å². The second kappa shape index (κ2) is 8.60. The van der Waals surface area contributed by atoms with Crippen molar-refractivity contribution in [3.05, 3.63) is 29.6 Å². The van der Waals surface area contributed by atoms with Gasteiger partial charge in [0.1, 0.15) is 5.69 Å². The Kier molecular flexibility index (Phi) is 6.98. The Morgan fingerprint density at radius 1 is 1.44 bits per heavy atom. The summed E-state index contributed by atoms with van der Waals surface area (Å²) >= 11 is 0. The molecule has 1 rings (SSSR count). The zero-order valence-electron chi connectivity index (χ0n) is 10.8. The van der Waals surface area contributed by atoms with Gasteiger partial charge in [0.15, 0.2) is 0 Å². The number of hydrogen-bond donors (Lipinski definition) is 2. The number of rotatable bonds is 8. The maximum absolute atomic E-state index is 11.7. The molecule has 0 radical (unpaired) electrons. The van der Waals surface area contributed by atoms with Crippen LogP contribution < -0.4 is 11.1 Å². The Balaban J connectivity index is 2.23. The summed E-state index contributed by atoms with van der Waals surface area (Å²) in [6.07, 6.45) is 3.78. The molecule has 0 unspecified atom stereocenters. The minimum atomic E-state index is -0.183. The molecule has 1 amide bonds. The molecular weight excluding hydrogens is 230 g/mol. The maximum Gasteiger partial charge on any atom is 0.269 e. The first-order valence-corrected chi connectivity index (χ1v) is 6.29. The number of unbranched alkanes of at least 4 members (excludes halogenated alkanes) is 1. The topological polar surface area (TPSA) is 77.2 Å². The maximum atomic E-state index is 11.7. The van der Waals surface area contributed by atoms with Gasteiger partial charge < -0.3 is 15.8 Å². The van der Waals surface area contributed by atoms with Gasteiger partial charge in [-0.05, 0) is 18.1 Å². The van der Waals surface area contributed by atoms with Crippen LogP contribution in [0.5, 0.6) is 0 Å². The Morgan fingerprint density at radius 2 is 2.28 bits per heavy atom. The molecule has 5 nitrogen and oxygen atoms in total. The highest BCUT2D eigenvalue weighted by Crippen LogP contribution is 1.99. The van der Waals surface area contributed by atoms with Crippen molar-refractivity contribution in [1.82, 2.24) is 10.3 Å². The third kappa shape index (κ3) is 5.25. The number of pyridine rings is 1. The highest BCUT2D eigenvalue weighted by Gasteiger charge is 2.05. The molecule has 0 atom stereocenters. The van der Waals surface area contributed by atoms with Crippen molar-refractivity contribution in [2.24, 2.45) is 5.73 Å². The summed E-state index contributed by atoms with van der Waals surface area (Å²) in [5, 5.41) is 2.76. The number of nitrogens with one attached hydrogen (secondary N) is 1. The minimum absolute atomic E-state index is 0.183. The van der Waals surface area contributed by atoms with Crippen molar-refractivity contribution in [2.45, 2.75) is 26.3 Å². The van der Waals surface area contributed by atoms with Gasteiger partial charge in [0.25, 0.3) is 5.91 Å². The number of carbonyl (C=O) groups excluding carboxylic acids is 1. The average molecular weight is 251 g/mol. The number of carbonyl (C=O) groups is 1. The highest BCUT2D eigenvalue weighted by atomic mass is 16.5. The van der Waals surface area contributed by atoms with E-state index in [2.05, 4.69) is 17.2 Å². The number of hydrogen-bond acceptors (Lipinski definition) is 4. The Morgan fingerprint density at radius 3 is 2.89 bits per heavy atom. The number of nitrogens with two attached hydrogens (primary N) is 1. The van der Waals surface area contributed by atoms with E-state index in [1.54, 1.807) is 18.3 Å². The highest BCUT2D eigenvalue weighted by molar-refractivity contribution is 5.92. The summed E-state index contributed by atoms with van der Waals surface area (Å²) < 4.78 is 5.35. The van der Waals surface area contributed by atoms with Crippen LogP contribution in [0, 0.1) is 0 Å². The third-order valence-electron chi connectivity index (χ3n) is 2.47. The minimum Gasteiger partial charge on any atom is -0.380 e. The molecule has 0 saturated heterocycles. The van der Waals surface area contributed by atoms with E-state index < -0.39 is 0 Å². The molecule has 0 spiro atoms. The van der Waals surface area contributed by atoms with Gasteiger partial charge in [0.2, 0.25) is 0 Å². The molecule has 1 heterocycles. The van der Waals surface area contributed by atoms with Crippen LogP contribution in [0.15, 0.2) is 18.3 Å². The van der Waals surface area contributed by atoms with E-state index in [4.69, 9.17) is 10.5 Å². The monoisotopic (exact) mass is 251 g/mol. The molecule has 100 valence electrons. The van der Waals surface area contributed by atoms with E-state index in [0.717, 1.165) is 25.0 Å². The molecule has 0 fully saturated rings. The van der Waals surface area contributed by atoms with E-state index in [9.17, 15) is 4.79 Å². The first-order chi connectivity index (χ1) is 8.77. The molecule has 0 aliphatic carbocycles. The zero-order valence-corrected chi connectivity index (χ0v) is 10.8. The van der Waals surface area contributed by atoms with Crippen LogP contribution in [-0.2, 0) is 11.3 Å². The predicted molar refractivity (Wildman–Crippen MR) is 70.2 cm³/mol. The first-order valence-electron chi connectivity index (χ1n) is 6.29. The molecule has 0 aliphatic heterocycles. The fourth-order valence-electron chi connectivity index (χ4n) is 1.36. The molecule has 0 aliphatic rings. The van der Waals surface area contributed by atoms with Crippen LogP contribution in [0.4, 0.5) is 0 Å². The van der Waals surface area contributed by atoms with E-state index >= 15 is 0 Å². The zero-order chi connectivity index (χ0) is 13.2. The molecule has 0 aromatic carbocycles. The van der Waals surface area contributed by atoms with Gasteiger partial charge >= 0.3 is 0 Å². The second-order valence-corrected chi connectivity index (χ2v) is 3.98. The van der Waals surface area contributed by atoms with Crippen LogP contribution in [0.1, 0.15) is 35.8 Å². The fourth-order valence-corrected chi connectivity index (χ4v) is 1.36. The quantitative estimate of drug-likeness (QED) is 0.678. The van der Waals surface area contributed by atoms with Crippen molar-refractivity contribution in [1.29, 1.82) is 0 Å². The van der Waals surface area contributed by atoms with Crippen molar-refractivity contribution in [2.75, 3.05) is 19.8 Å². The Hall–Kier alpha value is -1.46. The van der Waals surface area contributed by atoms with Gasteiger partial charge in [-0.2, -0.15) is 0 Å². The van der Waals surface area contributed by atoms with E-state index in [1.165, 1.54) is 0 Å². The van der Waals surface area contributed by atoms with E-state index in [-0.39, 0.29) is 5.91 Å². The third-order valence-corrected chi connectivity index (χ3v) is 2.47. The number of nitrogens with zero attached hydrogens (tertiary/aromatic N) is 1. The van der Waals surface area contributed by atoms with Crippen molar-refractivity contribution >= 4 is 5.91 Å². The predicted octanol–water partition coefficient (Wildman–Crippen LogP) is 1.09. The Bertz CT molecular complexity index is 352. The van der Waals surface area contributed by atoms with Crippen LogP contribution >= 0.6 is 0 Å². The largest absolute Gasteiger partial charge is 0.380 e. The number of ether oxygens (including phenoxy) is 1. The number of amides is 1. The fraction of sp³-hybridized carbons (Fsp3) is 0.538. The normalized spacial score (nSPS) is 10.3. The molecule has 0 bridgehead atoms. The lowest BCUT2D eigenvalue weighted by Crippen LogP contribution is -2.28. The summed E-state index contributed by atoms with van der Waals surface area (Å²) in [5.74, 6) is -0.183. The lowest BCUT2D eigenvalue weighted by atomic mass is 10.2. The summed E-state index contributed by atoms with van der Waals surface area (Å²) in [6.45, 7) is 4.33. The first kappa shape index (κ1) is 14.6. The van der Waals surface area contributed by atoms with Gasteiger partial charge in [0.05, 0.1) is 6.61 Å². The average Bonchev–Trinajstić information content (AvgIpc) is 2.42.